The Bertz CT molecular complexity index is 824. The van der Waals surface area contributed by atoms with Crippen molar-refractivity contribution in [3.63, 3.8) is 0 Å². The van der Waals surface area contributed by atoms with Crippen LogP contribution in [0.3, 0.4) is 0 Å². The number of ether oxygens (including phenoxy) is 1. The molecule has 0 saturated carbocycles. The number of nitrogens with zero attached hydrogens (tertiary/aromatic N) is 2. The third-order valence-corrected chi connectivity index (χ3v) is 4.75. The second kappa shape index (κ2) is 8.08. The molecule has 0 unspecified atom stereocenters. The van der Waals surface area contributed by atoms with Crippen molar-refractivity contribution in [1.29, 1.82) is 0 Å². The fourth-order valence-corrected chi connectivity index (χ4v) is 3.28. The summed E-state index contributed by atoms with van der Waals surface area (Å²) in [4.78, 5) is 16.6. The Morgan fingerprint density at radius 3 is 2.64 bits per heavy atom. The van der Waals surface area contributed by atoms with E-state index in [0.717, 1.165) is 11.6 Å². The van der Waals surface area contributed by atoms with Gasteiger partial charge in [0, 0.05) is 19.4 Å². The molecule has 2 atom stereocenters. The van der Waals surface area contributed by atoms with E-state index in [2.05, 4.69) is 4.98 Å². The van der Waals surface area contributed by atoms with E-state index in [-0.39, 0.29) is 24.3 Å². The lowest BCUT2D eigenvalue weighted by Gasteiger charge is -2.19. The number of halogens is 3. The topological polar surface area (TPSA) is 68.5 Å². The Morgan fingerprint density at radius 2 is 2.00 bits per heavy atom. The van der Waals surface area contributed by atoms with Crippen LogP contribution in [0.2, 0.25) is 0 Å². The SMILES string of the molecule is C[C@@H](CC(N)=O)c1ccc(O[C@@H]2CCN(c3cccc(C(F)(F)F)n3)C2)cc1. The van der Waals surface area contributed by atoms with E-state index in [1.807, 2.05) is 31.2 Å². The van der Waals surface area contributed by atoms with Gasteiger partial charge >= 0.3 is 6.18 Å². The number of aromatic nitrogens is 1. The lowest BCUT2D eigenvalue weighted by Crippen LogP contribution is -2.25. The highest BCUT2D eigenvalue weighted by atomic mass is 19.4. The average molecular weight is 393 g/mol. The molecule has 1 aromatic carbocycles. The zero-order valence-corrected chi connectivity index (χ0v) is 15.4. The summed E-state index contributed by atoms with van der Waals surface area (Å²) >= 11 is 0. The maximum atomic E-state index is 12.8. The van der Waals surface area contributed by atoms with Crippen molar-refractivity contribution in [2.75, 3.05) is 18.0 Å². The van der Waals surface area contributed by atoms with Gasteiger partial charge < -0.3 is 15.4 Å². The Hall–Kier alpha value is -2.77. The first-order chi connectivity index (χ1) is 13.2. The molecule has 1 fully saturated rings. The molecule has 5 nitrogen and oxygen atoms in total. The van der Waals surface area contributed by atoms with Crippen LogP contribution in [0.5, 0.6) is 5.75 Å². The van der Waals surface area contributed by atoms with Crippen molar-refractivity contribution < 1.29 is 22.7 Å². The molecule has 0 radical (unpaired) electrons. The first-order valence-corrected chi connectivity index (χ1v) is 9.06. The van der Waals surface area contributed by atoms with Crippen LogP contribution in [0.15, 0.2) is 42.5 Å². The second-order valence-electron chi connectivity index (χ2n) is 6.99. The number of nitrogens with two attached hydrogens (primary N) is 1. The first kappa shape index (κ1) is 20.0. The molecule has 0 aliphatic carbocycles. The fraction of sp³-hybridized carbons (Fsp3) is 0.400. The predicted molar refractivity (Wildman–Crippen MR) is 99.2 cm³/mol. The van der Waals surface area contributed by atoms with Gasteiger partial charge in [-0.15, -0.1) is 0 Å². The third kappa shape index (κ3) is 4.94. The highest BCUT2D eigenvalue weighted by molar-refractivity contribution is 5.74. The molecular formula is C20H22F3N3O2. The van der Waals surface area contributed by atoms with Gasteiger partial charge in [0.15, 0.2) is 0 Å². The monoisotopic (exact) mass is 393 g/mol. The van der Waals surface area contributed by atoms with Crippen LogP contribution < -0.4 is 15.4 Å². The van der Waals surface area contributed by atoms with E-state index in [1.165, 1.54) is 6.07 Å². The molecule has 1 aliphatic heterocycles. The summed E-state index contributed by atoms with van der Waals surface area (Å²) in [5.41, 5.74) is 5.33. The van der Waals surface area contributed by atoms with Crippen LogP contribution in [0.4, 0.5) is 19.0 Å². The molecule has 2 N–H and O–H groups in total. The van der Waals surface area contributed by atoms with Crippen molar-refractivity contribution in [3.8, 4) is 5.75 Å². The fourth-order valence-electron chi connectivity index (χ4n) is 3.28. The smallest absolute Gasteiger partial charge is 0.433 e. The van der Waals surface area contributed by atoms with E-state index in [0.29, 0.717) is 31.1 Å². The molecule has 2 aromatic rings. The molecule has 3 rings (SSSR count). The van der Waals surface area contributed by atoms with E-state index < -0.39 is 11.9 Å². The lowest BCUT2D eigenvalue weighted by molar-refractivity contribution is -0.141. The summed E-state index contributed by atoms with van der Waals surface area (Å²) in [6.45, 7) is 2.97. The second-order valence-corrected chi connectivity index (χ2v) is 6.99. The van der Waals surface area contributed by atoms with E-state index in [9.17, 15) is 18.0 Å². The van der Waals surface area contributed by atoms with Gasteiger partial charge in [0.2, 0.25) is 5.91 Å². The molecule has 1 amide bonds. The number of carbonyl (C=O) groups excluding carboxylic acids is 1. The molecule has 0 spiro atoms. The van der Waals surface area contributed by atoms with Crippen LogP contribution in [0, 0.1) is 0 Å². The number of primary amides is 1. The number of hydrogen-bond acceptors (Lipinski definition) is 4. The van der Waals surface area contributed by atoms with Gasteiger partial charge in [0.1, 0.15) is 23.4 Å². The average Bonchev–Trinajstić information content (AvgIpc) is 3.10. The van der Waals surface area contributed by atoms with E-state index in [1.54, 1.807) is 11.0 Å². The number of hydrogen-bond donors (Lipinski definition) is 1. The van der Waals surface area contributed by atoms with Crippen LogP contribution in [0.1, 0.15) is 36.9 Å². The van der Waals surface area contributed by atoms with Crippen molar-refractivity contribution in [2.45, 2.75) is 38.0 Å². The standard InChI is InChI=1S/C20H22F3N3O2/c1-13(11-18(24)27)14-5-7-15(8-6-14)28-16-9-10-26(12-16)19-4-2-3-17(25-19)20(21,22)23/h2-8,13,16H,9-12H2,1H3,(H2,24,27)/t13-,16+/m0/s1. The molecule has 1 aromatic heterocycles. The Balaban J connectivity index is 1.60. The largest absolute Gasteiger partial charge is 0.489 e. The number of carbonyl (C=O) groups is 1. The molecule has 150 valence electrons. The van der Waals surface area contributed by atoms with Crippen molar-refractivity contribution in [1.82, 2.24) is 4.98 Å². The van der Waals surface area contributed by atoms with E-state index in [4.69, 9.17) is 10.5 Å². The summed E-state index contributed by atoms with van der Waals surface area (Å²) in [6.07, 6.45) is -3.62. The van der Waals surface area contributed by atoms with Gasteiger partial charge in [-0.2, -0.15) is 13.2 Å². The summed E-state index contributed by atoms with van der Waals surface area (Å²) in [5.74, 6) is 0.665. The summed E-state index contributed by atoms with van der Waals surface area (Å²) in [7, 11) is 0. The molecule has 28 heavy (non-hydrogen) atoms. The lowest BCUT2D eigenvalue weighted by atomic mass is 9.97. The van der Waals surface area contributed by atoms with Crippen LogP contribution in [-0.2, 0) is 11.0 Å². The summed E-state index contributed by atoms with van der Waals surface area (Å²) in [5, 5.41) is 0. The van der Waals surface area contributed by atoms with Crippen LogP contribution >= 0.6 is 0 Å². The van der Waals surface area contributed by atoms with Gasteiger partial charge in [-0.1, -0.05) is 25.1 Å². The minimum atomic E-state index is -4.46. The zero-order chi connectivity index (χ0) is 20.3. The van der Waals surface area contributed by atoms with Crippen LogP contribution in [-0.4, -0.2) is 30.1 Å². The first-order valence-electron chi connectivity index (χ1n) is 9.06. The number of amides is 1. The van der Waals surface area contributed by atoms with Crippen molar-refractivity contribution in [3.05, 3.63) is 53.7 Å². The van der Waals surface area contributed by atoms with Crippen molar-refractivity contribution in [2.24, 2.45) is 5.73 Å². The summed E-state index contributed by atoms with van der Waals surface area (Å²) < 4.78 is 44.5. The summed E-state index contributed by atoms with van der Waals surface area (Å²) in [6, 6.07) is 11.4. The molecule has 1 aliphatic rings. The maximum absolute atomic E-state index is 12.8. The highest BCUT2D eigenvalue weighted by Gasteiger charge is 2.33. The third-order valence-electron chi connectivity index (χ3n) is 4.75. The van der Waals surface area contributed by atoms with Gasteiger partial charge in [0.25, 0.3) is 0 Å². The van der Waals surface area contributed by atoms with Gasteiger partial charge in [-0.05, 0) is 35.7 Å². The predicted octanol–water partition coefficient (Wildman–Crippen LogP) is 3.74. The normalized spacial score (nSPS) is 18.1. The minimum absolute atomic E-state index is 0.0282. The molecule has 1 saturated heterocycles. The number of benzene rings is 1. The Kier molecular flexibility index (Phi) is 5.76. The Labute approximate surface area is 161 Å². The van der Waals surface area contributed by atoms with Gasteiger partial charge in [-0.25, -0.2) is 4.98 Å². The number of alkyl halides is 3. The quantitative estimate of drug-likeness (QED) is 0.812. The molecule has 8 heteroatoms. The molecule has 2 heterocycles. The number of anilines is 1. The molecular weight excluding hydrogens is 371 g/mol. The zero-order valence-electron chi connectivity index (χ0n) is 15.4. The van der Waals surface area contributed by atoms with Crippen LogP contribution in [0.25, 0.3) is 0 Å². The minimum Gasteiger partial charge on any atom is -0.489 e. The number of rotatable bonds is 6. The highest BCUT2D eigenvalue weighted by Crippen LogP contribution is 2.30. The molecule has 0 bridgehead atoms. The van der Waals surface area contributed by atoms with Gasteiger partial charge in [0.05, 0.1) is 6.54 Å². The number of pyridine rings is 1. The van der Waals surface area contributed by atoms with Crippen molar-refractivity contribution >= 4 is 11.7 Å². The van der Waals surface area contributed by atoms with E-state index >= 15 is 0 Å². The van der Waals surface area contributed by atoms with Gasteiger partial charge in [-0.3, -0.25) is 4.79 Å². The Morgan fingerprint density at radius 1 is 1.29 bits per heavy atom. The maximum Gasteiger partial charge on any atom is 0.433 e.